The van der Waals surface area contributed by atoms with E-state index in [1.807, 2.05) is 61.4 Å². The van der Waals surface area contributed by atoms with E-state index in [2.05, 4.69) is 27.2 Å². The molecule has 0 radical (unpaired) electrons. The number of hydrogen-bond acceptors (Lipinski definition) is 4. The first-order valence-electron chi connectivity index (χ1n) is 8.26. The summed E-state index contributed by atoms with van der Waals surface area (Å²) in [6, 6.07) is 12.9. The highest BCUT2D eigenvalue weighted by atomic mass is 16.5. The minimum Gasteiger partial charge on any atom is -0.465 e. The lowest BCUT2D eigenvalue weighted by Gasteiger charge is -2.08. The standard InChI is InChI=1S/C19H19N5O/c1-3-25-19-22-17-9-15(16-11-21-23(2)13-16)10-20-18(17)24(19)12-14-7-5-4-6-8-14/h4-11,13H,3,12H2,1-2H3. The van der Waals surface area contributed by atoms with Crippen LogP contribution in [0, 0.1) is 0 Å². The highest BCUT2D eigenvalue weighted by Crippen LogP contribution is 2.26. The minimum atomic E-state index is 0.563. The number of aryl methyl sites for hydroxylation is 1. The summed E-state index contributed by atoms with van der Waals surface area (Å²) in [5.74, 6) is 0. The minimum absolute atomic E-state index is 0.563. The Morgan fingerprint density at radius 3 is 2.64 bits per heavy atom. The average molecular weight is 333 g/mol. The summed E-state index contributed by atoms with van der Waals surface area (Å²) in [5.41, 5.74) is 4.84. The molecule has 0 aliphatic heterocycles. The van der Waals surface area contributed by atoms with Crippen LogP contribution < -0.4 is 4.74 Å². The van der Waals surface area contributed by atoms with Crippen molar-refractivity contribution in [2.24, 2.45) is 7.05 Å². The number of nitrogens with zero attached hydrogens (tertiary/aromatic N) is 5. The van der Waals surface area contributed by atoms with Crippen LogP contribution in [-0.4, -0.2) is 30.9 Å². The predicted octanol–water partition coefficient (Wildman–Crippen LogP) is 3.28. The van der Waals surface area contributed by atoms with E-state index in [0.29, 0.717) is 19.2 Å². The van der Waals surface area contributed by atoms with E-state index in [4.69, 9.17) is 4.74 Å². The van der Waals surface area contributed by atoms with Crippen LogP contribution in [0.15, 0.2) is 55.0 Å². The Morgan fingerprint density at radius 2 is 1.92 bits per heavy atom. The molecular weight excluding hydrogens is 314 g/mol. The lowest BCUT2D eigenvalue weighted by molar-refractivity contribution is 0.301. The van der Waals surface area contributed by atoms with Gasteiger partial charge in [0.2, 0.25) is 0 Å². The third-order valence-electron chi connectivity index (χ3n) is 4.05. The van der Waals surface area contributed by atoms with Gasteiger partial charge in [0.15, 0.2) is 5.65 Å². The van der Waals surface area contributed by atoms with Crippen molar-refractivity contribution >= 4 is 11.2 Å². The third kappa shape index (κ3) is 2.98. The number of fused-ring (bicyclic) bond motifs is 1. The largest absolute Gasteiger partial charge is 0.465 e. The van der Waals surface area contributed by atoms with Crippen LogP contribution in [-0.2, 0) is 13.6 Å². The van der Waals surface area contributed by atoms with Gasteiger partial charge in [-0.2, -0.15) is 10.1 Å². The van der Waals surface area contributed by atoms with Crippen molar-refractivity contribution in [1.29, 1.82) is 0 Å². The van der Waals surface area contributed by atoms with Crippen molar-refractivity contribution in [3.63, 3.8) is 0 Å². The molecule has 3 heterocycles. The summed E-state index contributed by atoms with van der Waals surface area (Å²) >= 11 is 0. The van der Waals surface area contributed by atoms with Crippen LogP contribution in [0.25, 0.3) is 22.3 Å². The van der Waals surface area contributed by atoms with E-state index in [9.17, 15) is 0 Å². The number of imidazole rings is 1. The topological polar surface area (TPSA) is 57.8 Å². The van der Waals surface area contributed by atoms with E-state index in [1.165, 1.54) is 5.56 Å². The van der Waals surface area contributed by atoms with Crippen LogP contribution in [0.1, 0.15) is 12.5 Å². The summed E-state index contributed by atoms with van der Waals surface area (Å²) < 4.78 is 9.53. The molecule has 0 fully saturated rings. The molecule has 0 unspecified atom stereocenters. The molecule has 0 aliphatic rings. The maximum absolute atomic E-state index is 5.74. The predicted molar refractivity (Wildman–Crippen MR) is 96.4 cm³/mol. The normalized spacial score (nSPS) is 11.1. The summed E-state index contributed by atoms with van der Waals surface area (Å²) in [6.45, 7) is 3.19. The van der Waals surface area contributed by atoms with Gasteiger partial charge in [-0.1, -0.05) is 30.3 Å². The van der Waals surface area contributed by atoms with Gasteiger partial charge < -0.3 is 4.74 Å². The fourth-order valence-electron chi connectivity index (χ4n) is 2.87. The van der Waals surface area contributed by atoms with E-state index >= 15 is 0 Å². The molecule has 1 aromatic carbocycles. The SMILES string of the molecule is CCOc1nc2cc(-c3cnn(C)c3)cnc2n1Cc1ccccc1. The van der Waals surface area contributed by atoms with Gasteiger partial charge in [-0.25, -0.2) is 4.98 Å². The zero-order valence-corrected chi connectivity index (χ0v) is 14.3. The van der Waals surface area contributed by atoms with Gasteiger partial charge in [0.1, 0.15) is 5.52 Å². The van der Waals surface area contributed by atoms with E-state index in [1.54, 1.807) is 4.68 Å². The molecule has 3 aromatic heterocycles. The summed E-state index contributed by atoms with van der Waals surface area (Å²) in [4.78, 5) is 9.29. The Bertz CT molecular complexity index is 1000. The smallest absolute Gasteiger partial charge is 0.298 e. The summed E-state index contributed by atoms with van der Waals surface area (Å²) in [7, 11) is 1.90. The van der Waals surface area contributed by atoms with Gasteiger partial charge >= 0.3 is 0 Å². The van der Waals surface area contributed by atoms with Crippen LogP contribution in [0.5, 0.6) is 6.01 Å². The average Bonchev–Trinajstić information content (AvgIpc) is 3.20. The van der Waals surface area contributed by atoms with Crippen molar-refractivity contribution in [2.45, 2.75) is 13.5 Å². The first-order valence-corrected chi connectivity index (χ1v) is 8.26. The number of pyridine rings is 1. The molecule has 0 amide bonds. The number of aromatic nitrogens is 5. The van der Waals surface area contributed by atoms with Crippen LogP contribution in [0.2, 0.25) is 0 Å². The van der Waals surface area contributed by atoms with Gasteiger partial charge in [-0.3, -0.25) is 9.25 Å². The van der Waals surface area contributed by atoms with E-state index in [-0.39, 0.29) is 0 Å². The second-order valence-electron chi connectivity index (χ2n) is 5.87. The first kappa shape index (κ1) is 15.4. The molecule has 4 aromatic rings. The van der Waals surface area contributed by atoms with Crippen molar-refractivity contribution in [2.75, 3.05) is 6.61 Å². The molecule has 0 saturated heterocycles. The molecule has 25 heavy (non-hydrogen) atoms. The Hall–Kier alpha value is -3.15. The lowest BCUT2D eigenvalue weighted by atomic mass is 10.1. The number of benzene rings is 1. The number of rotatable bonds is 5. The fraction of sp³-hybridized carbons (Fsp3) is 0.211. The number of hydrogen-bond donors (Lipinski definition) is 0. The summed E-state index contributed by atoms with van der Waals surface area (Å²) in [5, 5.41) is 4.22. The Kier molecular flexibility index (Phi) is 3.93. The fourth-order valence-corrected chi connectivity index (χ4v) is 2.87. The van der Waals surface area contributed by atoms with Gasteiger partial charge in [0.05, 0.1) is 19.3 Å². The molecule has 4 rings (SSSR count). The Labute approximate surface area is 145 Å². The maximum atomic E-state index is 5.74. The van der Waals surface area contributed by atoms with E-state index in [0.717, 1.165) is 22.3 Å². The zero-order chi connectivity index (χ0) is 17.2. The highest BCUT2D eigenvalue weighted by Gasteiger charge is 2.15. The van der Waals surface area contributed by atoms with Gasteiger partial charge in [0.25, 0.3) is 6.01 Å². The van der Waals surface area contributed by atoms with Crippen molar-refractivity contribution < 1.29 is 4.74 Å². The van der Waals surface area contributed by atoms with Crippen LogP contribution in [0.4, 0.5) is 0 Å². The second kappa shape index (κ2) is 6.39. The first-order chi connectivity index (χ1) is 12.2. The molecule has 0 saturated carbocycles. The molecule has 0 N–H and O–H groups in total. The molecule has 0 spiro atoms. The van der Waals surface area contributed by atoms with E-state index < -0.39 is 0 Å². The molecular formula is C19H19N5O. The number of ether oxygens (including phenoxy) is 1. The molecule has 0 bridgehead atoms. The van der Waals surface area contributed by atoms with Gasteiger partial charge in [-0.05, 0) is 18.6 Å². The molecule has 0 aliphatic carbocycles. The molecule has 6 heteroatoms. The highest BCUT2D eigenvalue weighted by molar-refractivity contribution is 5.79. The lowest BCUT2D eigenvalue weighted by Crippen LogP contribution is -2.05. The van der Waals surface area contributed by atoms with Crippen molar-refractivity contribution in [1.82, 2.24) is 24.3 Å². The Balaban J connectivity index is 1.79. The zero-order valence-electron chi connectivity index (χ0n) is 14.3. The van der Waals surface area contributed by atoms with Crippen LogP contribution >= 0.6 is 0 Å². The van der Waals surface area contributed by atoms with Gasteiger partial charge in [-0.15, -0.1) is 0 Å². The van der Waals surface area contributed by atoms with Gasteiger partial charge in [0, 0.05) is 30.6 Å². The quantitative estimate of drug-likeness (QED) is 0.562. The molecule has 0 atom stereocenters. The second-order valence-corrected chi connectivity index (χ2v) is 5.87. The third-order valence-corrected chi connectivity index (χ3v) is 4.05. The Morgan fingerprint density at radius 1 is 1.08 bits per heavy atom. The molecule has 126 valence electrons. The monoisotopic (exact) mass is 333 g/mol. The molecule has 6 nitrogen and oxygen atoms in total. The van der Waals surface area contributed by atoms with Crippen LogP contribution in [0.3, 0.4) is 0 Å². The van der Waals surface area contributed by atoms with Crippen molar-refractivity contribution in [3.05, 3.63) is 60.6 Å². The maximum Gasteiger partial charge on any atom is 0.298 e. The summed E-state index contributed by atoms with van der Waals surface area (Å²) in [6.07, 6.45) is 5.65. The van der Waals surface area contributed by atoms with Crippen molar-refractivity contribution in [3.8, 4) is 17.1 Å².